The summed E-state index contributed by atoms with van der Waals surface area (Å²) in [6, 6.07) is 5.23. The van der Waals surface area contributed by atoms with Crippen molar-refractivity contribution in [1.82, 2.24) is 0 Å². The van der Waals surface area contributed by atoms with E-state index in [0.29, 0.717) is 29.2 Å². The van der Waals surface area contributed by atoms with E-state index in [1.54, 1.807) is 23.1 Å². The fourth-order valence-electron chi connectivity index (χ4n) is 2.09. The first kappa shape index (κ1) is 13.1. The topological polar surface area (TPSA) is 37.4 Å². The van der Waals surface area contributed by atoms with Gasteiger partial charge in [-0.15, -0.1) is 0 Å². The smallest absolute Gasteiger partial charge is 0.232 e. The van der Waals surface area contributed by atoms with Crippen LogP contribution in [-0.4, -0.2) is 18.2 Å². The van der Waals surface area contributed by atoms with Crippen LogP contribution in [0.4, 0.5) is 5.69 Å². The Morgan fingerprint density at radius 1 is 1.33 bits per heavy atom. The van der Waals surface area contributed by atoms with Crippen LogP contribution in [0.2, 0.25) is 5.02 Å². The molecular weight excluding hydrogens is 250 g/mol. The number of ketones is 1. The zero-order chi connectivity index (χ0) is 13.5. The number of halogens is 1. The van der Waals surface area contributed by atoms with Crippen molar-refractivity contribution in [3.8, 4) is 0 Å². The van der Waals surface area contributed by atoms with E-state index < -0.39 is 5.41 Å². The maximum absolute atomic E-state index is 12.4. The molecule has 0 atom stereocenters. The van der Waals surface area contributed by atoms with Gasteiger partial charge in [0.05, 0.1) is 16.3 Å². The maximum atomic E-state index is 12.4. The lowest BCUT2D eigenvalue weighted by molar-refractivity contribution is -0.125. The number of hydrogen-bond donors (Lipinski definition) is 0. The van der Waals surface area contributed by atoms with Crippen molar-refractivity contribution in [2.75, 3.05) is 11.4 Å². The van der Waals surface area contributed by atoms with Gasteiger partial charge in [0.15, 0.2) is 5.78 Å². The van der Waals surface area contributed by atoms with Gasteiger partial charge in [-0.1, -0.05) is 38.4 Å². The molecule has 0 unspecified atom stereocenters. The molecule has 0 fully saturated rings. The van der Waals surface area contributed by atoms with E-state index in [0.717, 1.165) is 0 Å². The van der Waals surface area contributed by atoms with Crippen LogP contribution in [0, 0.1) is 5.41 Å². The summed E-state index contributed by atoms with van der Waals surface area (Å²) in [5, 5.41) is 0.420. The molecule has 0 aromatic heterocycles. The number of benzene rings is 1. The molecule has 1 aromatic carbocycles. The van der Waals surface area contributed by atoms with Gasteiger partial charge in [0.25, 0.3) is 0 Å². The minimum absolute atomic E-state index is 0.00793. The number of carbonyl (C=O) groups is 2. The first-order valence-corrected chi connectivity index (χ1v) is 6.34. The Hall–Kier alpha value is -1.35. The van der Waals surface area contributed by atoms with Crippen LogP contribution in [0.1, 0.15) is 37.6 Å². The quantitative estimate of drug-likeness (QED) is 0.722. The Balaban J connectivity index is 2.51. The van der Waals surface area contributed by atoms with Gasteiger partial charge in [0.2, 0.25) is 5.91 Å². The average Bonchev–Trinajstić information content (AvgIpc) is 2.27. The number of carbonyl (C=O) groups excluding carboxylic acids is 2. The van der Waals surface area contributed by atoms with Gasteiger partial charge in [-0.25, -0.2) is 0 Å². The van der Waals surface area contributed by atoms with Crippen molar-refractivity contribution in [3.05, 3.63) is 28.8 Å². The van der Waals surface area contributed by atoms with Gasteiger partial charge >= 0.3 is 0 Å². The van der Waals surface area contributed by atoms with E-state index in [2.05, 4.69) is 0 Å². The largest absolute Gasteiger partial charge is 0.311 e. The number of nitrogens with zero attached hydrogens (tertiary/aromatic N) is 1. The molecule has 1 amide bonds. The highest BCUT2D eigenvalue weighted by molar-refractivity contribution is 6.35. The van der Waals surface area contributed by atoms with Crippen LogP contribution in [0.3, 0.4) is 0 Å². The Bertz CT molecular complexity index is 517. The van der Waals surface area contributed by atoms with Gasteiger partial charge < -0.3 is 4.90 Å². The maximum Gasteiger partial charge on any atom is 0.232 e. The van der Waals surface area contributed by atoms with Gasteiger partial charge in [0, 0.05) is 18.4 Å². The second kappa shape index (κ2) is 4.39. The molecule has 0 saturated heterocycles. The van der Waals surface area contributed by atoms with Crippen LogP contribution in [0.5, 0.6) is 0 Å². The van der Waals surface area contributed by atoms with Crippen LogP contribution in [0.15, 0.2) is 18.2 Å². The van der Waals surface area contributed by atoms with E-state index in [1.165, 1.54) is 0 Å². The molecule has 0 N–H and O–H groups in total. The molecule has 0 radical (unpaired) electrons. The summed E-state index contributed by atoms with van der Waals surface area (Å²) in [6.45, 7) is 6.05. The summed E-state index contributed by atoms with van der Waals surface area (Å²) < 4.78 is 0. The highest BCUT2D eigenvalue weighted by atomic mass is 35.5. The fraction of sp³-hybridized carbons (Fsp3) is 0.429. The summed E-state index contributed by atoms with van der Waals surface area (Å²) in [5.74, 6) is 0.0204. The molecule has 2 rings (SSSR count). The third-order valence-electron chi connectivity index (χ3n) is 3.01. The Morgan fingerprint density at radius 2 is 2.00 bits per heavy atom. The van der Waals surface area contributed by atoms with Crippen LogP contribution in [0.25, 0.3) is 0 Å². The zero-order valence-electron chi connectivity index (χ0n) is 10.8. The molecular formula is C14H16ClNO2. The molecule has 0 saturated carbocycles. The van der Waals surface area contributed by atoms with Gasteiger partial charge in [0.1, 0.15) is 0 Å². The Kier molecular flexibility index (Phi) is 3.20. The highest BCUT2D eigenvalue weighted by Gasteiger charge is 2.34. The van der Waals surface area contributed by atoms with Gasteiger partial charge in [-0.05, 0) is 12.1 Å². The lowest BCUT2D eigenvalue weighted by atomic mass is 9.91. The lowest BCUT2D eigenvalue weighted by Crippen LogP contribution is -2.43. The number of anilines is 1. The van der Waals surface area contributed by atoms with Crippen molar-refractivity contribution in [1.29, 1.82) is 0 Å². The molecule has 1 aliphatic heterocycles. The first-order chi connectivity index (χ1) is 8.32. The number of Topliss-reactive ketones (excluding diaryl/α,β-unsaturated/α-hetero) is 1. The molecule has 1 aliphatic rings. The molecule has 96 valence electrons. The summed E-state index contributed by atoms with van der Waals surface area (Å²) in [6.07, 6.45) is 0.332. The SMILES string of the molecule is CC(C)(C)C(=O)N1CCC(=O)c2c(Cl)cccc21. The number of amides is 1. The summed E-state index contributed by atoms with van der Waals surface area (Å²) in [4.78, 5) is 25.9. The van der Waals surface area contributed by atoms with E-state index in [4.69, 9.17) is 11.6 Å². The van der Waals surface area contributed by atoms with Crippen molar-refractivity contribution in [3.63, 3.8) is 0 Å². The summed E-state index contributed by atoms with van der Waals surface area (Å²) in [5.41, 5.74) is 0.640. The van der Waals surface area contributed by atoms with Crippen molar-refractivity contribution >= 4 is 29.0 Å². The Morgan fingerprint density at radius 3 is 2.61 bits per heavy atom. The summed E-state index contributed by atoms with van der Waals surface area (Å²) in [7, 11) is 0. The minimum Gasteiger partial charge on any atom is -0.311 e. The number of hydrogen-bond acceptors (Lipinski definition) is 2. The zero-order valence-corrected chi connectivity index (χ0v) is 11.5. The molecule has 18 heavy (non-hydrogen) atoms. The van der Waals surface area contributed by atoms with Crippen molar-refractivity contribution in [2.24, 2.45) is 5.41 Å². The predicted molar refractivity (Wildman–Crippen MR) is 72.2 cm³/mol. The van der Waals surface area contributed by atoms with Crippen molar-refractivity contribution in [2.45, 2.75) is 27.2 Å². The van der Waals surface area contributed by atoms with E-state index in [1.807, 2.05) is 20.8 Å². The highest BCUT2D eigenvalue weighted by Crippen LogP contribution is 2.34. The lowest BCUT2D eigenvalue weighted by Gasteiger charge is -2.33. The van der Waals surface area contributed by atoms with Gasteiger partial charge in [-0.2, -0.15) is 0 Å². The second-order valence-corrected chi connectivity index (χ2v) is 5.92. The van der Waals surface area contributed by atoms with Crippen LogP contribution >= 0.6 is 11.6 Å². The molecule has 1 aromatic rings. The Labute approximate surface area is 112 Å². The predicted octanol–water partition coefficient (Wildman–Crippen LogP) is 3.31. The standard InChI is InChI=1S/C14H16ClNO2/c1-14(2,3)13(18)16-8-7-11(17)12-9(15)5-4-6-10(12)16/h4-6H,7-8H2,1-3H3. The van der Waals surface area contributed by atoms with Gasteiger partial charge in [-0.3, -0.25) is 9.59 Å². The minimum atomic E-state index is -0.472. The molecule has 1 heterocycles. The monoisotopic (exact) mass is 265 g/mol. The molecule has 4 heteroatoms. The number of fused-ring (bicyclic) bond motifs is 1. The summed E-state index contributed by atoms with van der Waals surface area (Å²) >= 11 is 6.06. The fourth-order valence-corrected chi connectivity index (χ4v) is 2.36. The average molecular weight is 266 g/mol. The van der Waals surface area contributed by atoms with E-state index in [-0.39, 0.29) is 11.7 Å². The molecule has 0 spiro atoms. The van der Waals surface area contributed by atoms with Crippen LogP contribution < -0.4 is 4.90 Å². The normalized spacial score (nSPS) is 15.6. The third-order valence-corrected chi connectivity index (χ3v) is 3.33. The van der Waals surface area contributed by atoms with Crippen molar-refractivity contribution < 1.29 is 9.59 Å². The second-order valence-electron chi connectivity index (χ2n) is 5.51. The van der Waals surface area contributed by atoms with E-state index in [9.17, 15) is 9.59 Å². The van der Waals surface area contributed by atoms with Crippen LogP contribution in [-0.2, 0) is 4.79 Å². The molecule has 0 aliphatic carbocycles. The first-order valence-electron chi connectivity index (χ1n) is 5.96. The number of rotatable bonds is 0. The third kappa shape index (κ3) is 2.15. The molecule has 0 bridgehead atoms. The molecule has 3 nitrogen and oxygen atoms in total. The van der Waals surface area contributed by atoms with E-state index >= 15 is 0 Å².